The largest absolute Gasteiger partial charge is 0.481 e. The minimum atomic E-state index is -1.06. The maximum atomic E-state index is 13.6. The normalized spacial score (nSPS) is 17.2. The molecule has 7 heteroatoms. The zero-order valence-corrected chi connectivity index (χ0v) is 11.4. The van der Waals surface area contributed by atoms with Gasteiger partial charge in [0, 0.05) is 25.4 Å². The van der Waals surface area contributed by atoms with Gasteiger partial charge >= 0.3 is 5.97 Å². The van der Waals surface area contributed by atoms with Crippen molar-refractivity contribution in [3.05, 3.63) is 29.6 Å². The molecule has 21 heavy (non-hydrogen) atoms. The van der Waals surface area contributed by atoms with Crippen LogP contribution in [0.25, 0.3) is 0 Å². The Hall–Kier alpha value is -2.15. The summed E-state index contributed by atoms with van der Waals surface area (Å²) in [5.74, 6) is -2.37. The van der Waals surface area contributed by atoms with Crippen LogP contribution in [0, 0.1) is 11.2 Å². The van der Waals surface area contributed by atoms with E-state index in [0.29, 0.717) is 26.1 Å². The van der Waals surface area contributed by atoms with E-state index in [1.807, 2.05) is 0 Å². The Morgan fingerprint density at radius 1 is 1.38 bits per heavy atom. The number of nitrogens with two attached hydrogens (primary N) is 1. The predicted molar refractivity (Wildman–Crippen MR) is 73.3 cm³/mol. The van der Waals surface area contributed by atoms with Gasteiger partial charge in [0.2, 0.25) is 0 Å². The number of hydrogen-bond donors (Lipinski definition) is 3. The number of nitrogen functional groups attached to an aromatic ring is 1. The zero-order valence-electron chi connectivity index (χ0n) is 11.4. The molecule has 4 N–H and O–H groups in total. The van der Waals surface area contributed by atoms with Gasteiger partial charge < -0.3 is 20.9 Å². The van der Waals surface area contributed by atoms with E-state index in [2.05, 4.69) is 5.32 Å². The molecule has 0 atom stereocenters. The Balaban J connectivity index is 2.07. The molecule has 114 valence electrons. The summed E-state index contributed by atoms with van der Waals surface area (Å²) in [6.45, 7) is 0.602. The van der Waals surface area contributed by atoms with Gasteiger partial charge in [0.05, 0.1) is 11.0 Å². The SMILES string of the molecule is Nc1ccc(C(=O)NCC2(C(=O)O)CCOCC2)c(F)c1. The number of ether oxygens (including phenoxy) is 1. The van der Waals surface area contributed by atoms with Crippen molar-refractivity contribution in [2.75, 3.05) is 25.5 Å². The fourth-order valence-electron chi connectivity index (χ4n) is 2.29. The van der Waals surface area contributed by atoms with Gasteiger partial charge in [-0.1, -0.05) is 0 Å². The van der Waals surface area contributed by atoms with E-state index in [4.69, 9.17) is 10.5 Å². The van der Waals surface area contributed by atoms with E-state index in [1.54, 1.807) is 0 Å². The fraction of sp³-hybridized carbons (Fsp3) is 0.429. The summed E-state index contributed by atoms with van der Waals surface area (Å²) in [7, 11) is 0. The molecule has 1 heterocycles. The second-order valence-electron chi connectivity index (χ2n) is 5.12. The summed E-state index contributed by atoms with van der Waals surface area (Å²) in [6, 6.07) is 3.74. The van der Waals surface area contributed by atoms with Crippen molar-refractivity contribution in [3.8, 4) is 0 Å². The molecule has 1 saturated heterocycles. The first-order chi connectivity index (χ1) is 9.94. The van der Waals surface area contributed by atoms with Crippen LogP contribution in [0.1, 0.15) is 23.2 Å². The Bertz CT molecular complexity index is 556. The maximum Gasteiger partial charge on any atom is 0.311 e. The van der Waals surface area contributed by atoms with Crippen LogP contribution in [0.2, 0.25) is 0 Å². The summed E-state index contributed by atoms with van der Waals surface area (Å²) in [4.78, 5) is 23.4. The third-order valence-corrected chi connectivity index (χ3v) is 3.73. The van der Waals surface area contributed by atoms with Crippen molar-refractivity contribution >= 4 is 17.6 Å². The van der Waals surface area contributed by atoms with Crippen molar-refractivity contribution < 1.29 is 23.8 Å². The molecule has 0 bridgehead atoms. The monoisotopic (exact) mass is 296 g/mol. The van der Waals surface area contributed by atoms with Crippen LogP contribution in [-0.4, -0.2) is 36.7 Å². The smallest absolute Gasteiger partial charge is 0.311 e. The van der Waals surface area contributed by atoms with Crippen LogP contribution in [0.4, 0.5) is 10.1 Å². The van der Waals surface area contributed by atoms with E-state index in [-0.39, 0.29) is 17.8 Å². The summed E-state index contributed by atoms with van der Waals surface area (Å²) in [6.07, 6.45) is 0.625. The average molecular weight is 296 g/mol. The number of amides is 1. The molecule has 0 unspecified atom stereocenters. The van der Waals surface area contributed by atoms with Crippen molar-refractivity contribution in [3.63, 3.8) is 0 Å². The summed E-state index contributed by atoms with van der Waals surface area (Å²) in [5.41, 5.74) is 4.42. The second kappa shape index (κ2) is 6.09. The third kappa shape index (κ3) is 3.30. The number of rotatable bonds is 4. The number of anilines is 1. The van der Waals surface area contributed by atoms with Gasteiger partial charge in [-0.2, -0.15) is 0 Å². The molecule has 2 rings (SSSR count). The van der Waals surface area contributed by atoms with Gasteiger partial charge in [0.15, 0.2) is 0 Å². The van der Waals surface area contributed by atoms with E-state index < -0.39 is 23.1 Å². The van der Waals surface area contributed by atoms with Crippen LogP contribution in [-0.2, 0) is 9.53 Å². The van der Waals surface area contributed by atoms with Crippen LogP contribution in [0.3, 0.4) is 0 Å². The Morgan fingerprint density at radius 2 is 2.05 bits per heavy atom. The molecule has 0 spiro atoms. The van der Waals surface area contributed by atoms with Crippen molar-refractivity contribution in [1.82, 2.24) is 5.32 Å². The summed E-state index contributed by atoms with van der Waals surface area (Å²) in [5, 5.41) is 11.9. The average Bonchev–Trinajstić information content (AvgIpc) is 2.45. The van der Waals surface area contributed by atoms with E-state index in [1.165, 1.54) is 12.1 Å². The topological polar surface area (TPSA) is 102 Å². The molecular weight excluding hydrogens is 279 g/mol. The number of carboxylic acids is 1. The standard InChI is InChI=1S/C14H17FN2O4/c15-11-7-9(16)1-2-10(11)12(18)17-8-14(13(19)20)3-5-21-6-4-14/h1-2,7H,3-6,8,16H2,(H,17,18)(H,19,20). The summed E-state index contributed by atoms with van der Waals surface area (Å²) >= 11 is 0. The van der Waals surface area contributed by atoms with Crippen molar-refractivity contribution in [1.29, 1.82) is 0 Å². The summed E-state index contributed by atoms with van der Waals surface area (Å²) < 4.78 is 18.8. The first kappa shape index (κ1) is 15.2. The van der Waals surface area contributed by atoms with Gasteiger partial charge in [0.25, 0.3) is 5.91 Å². The molecule has 0 radical (unpaired) electrons. The zero-order chi connectivity index (χ0) is 15.5. The maximum absolute atomic E-state index is 13.6. The lowest BCUT2D eigenvalue weighted by atomic mass is 9.80. The highest BCUT2D eigenvalue weighted by atomic mass is 19.1. The molecule has 1 aliphatic rings. The van der Waals surface area contributed by atoms with Gasteiger partial charge in [-0.3, -0.25) is 9.59 Å². The van der Waals surface area contributed by atoms with Crippen LogP contribution in [0.15, 0.2) is 18.2 Å². The lowest BCUT2D eigenvalue weighted by molar-refractivity contribution is -0.154. The van der Waals surface area contributed by atoms with Crippen LogP contribution < -0.4 is 11.1 Å². The highest BCUT2D eigenvalue weighted by Crippen LogP contribution is 2.30. The molecule has 1 aliphatic heterocycles. The lowest BCUT2D eigenvalue weighted by Gasteiger charge is -2.33. The minimum Gasteiger partial charge on any atom is -0.481 e. The quantitative estimate of drug-likeness (QED) is 0.720. The fourth-order valence-corrected chi connectivity index (χ4v) is 2.29. The molecule has 1 aromatic rings. The van der Waals surface area contributed by atoms with Crippen LogP contribution in [0.5, 0.6) is 0 Å². The number of hydrogen-bond acceptors (Lipinski definition) is 4. The Morgan fingerprint density at radius 3 is 2.62 bits per heavy atom. The molecule has 1 fully saturated rings. The number of aliphatic carboxylic acids is 1. The number of nitrogens with one attached hydrogen (secondary N) is 1. The Labute approximate surface area is 121 Å². The third-order valence-electron chi connectivity index (χ3n) is 3.73. The van der Waals surface area contributed by atoms with Gasteiger partial charge in [-0.05, 0) is 31.0 Å². The highest BCUT2D eigenvalue weighted by molar-refractivity contribution is 5.95. The Kier molecular flexibility index (Phi) is 4.42. The van der Waals surface area contributed by atoms with Gasteiger partial charge in [-0.25, -0.2) is 4.39 Å². The highest BCUT2D eigenvalue weighted by Gasteiger charge is 2.40. The molecule has 0 saturated carbocycles. The first-order valence-corrected chi connectivity index (χ1v) is 6.59. The first-order valence-electron chi connectivity index (χ1n) is 6.59. The molecule has 1 amide bonds. The number of carbonyl (C=O) groups excluding carboxylic acids is 1. The van der Waals surface area contributed by atoms with Crippen molar-refractivity contribution in [2.24, 2.45) is 5.41 Å². The molecule has 0 aromatic heterocycles. The number of benzene rings is 1. The molecule has 1 aromatic carbocycles. The van der Waals surface area contributed by atoms with E-state index in [0.717, 1.165) is 6.07 Å². The van der Waals surface area contributed by atoms with Crippen molar-refractivity contribution in [2.45, 2.75) is 12.8 Å². The lowest BCUT2D eigenvalue weighted by Crippen LogP contribution is -2.46. The van der Waals surface area contributed by atoms with Crippen LogP contribution >= 0.6 is 0 Å². The number of halogens is 1. The number of carboxylic acid groups (broad SMARTS) is 1. The van der Waals surface area contributed by atoms with E-state index in [9.17, 15) is 19.1 Å². The predicted octanol–water partition coefficient (Wildman–Crippen LogP) is 1.02. The van der Waals surface area contributed by atoms with Gasteiger partial charge in [-0.15, -0.1) is 0 Å². The minimum absolute atomic E-state index is 0.0612. The van der Waals surface area contributed by atoms with Gasteiger partial charge in [0.1, 0.15) is 5.82 Å². The molecular formula is C14H17FN2O4. The number of carbonyl (C=O) groups is 2. The second-order valence-corrected chi connectivity index (χ2v) is 5.12. The van der Waals surface area contributed by atoms with E-state index >= 15 is 0 Å². The molecule has 6 nitrogen and oxygen atoms in total. The molecule has 0 aliphatic carbocycles.